The van der Waals surface area contributed by atoms with Crippen LogP contribution in [-0.4, -0.2) is 52.6 Å². The van der Waals surface area contributed by atoms with E-state index >= 15 is 0 Å². The number of hydrogen-bond donors (Lipinski definition) is 2. The molecule has 0 amide bonds. The molecule has 0 aliphatic carbocycles. The number of aromatic nitrogens is 3. The highest BCUT2D eigenvalue weighted by Crippen LogP contribution is 2.34. The predicted octanol–water partition coefficient (Wildman–Crippen LogP) is 2.41. The fourth-order valence-electron chi connectivity index (χ4n) is 3.68. The Morgan fingerprint density at radius 3 is 2.66 bits per heavy atom. The number of aliphatic hydroxyl groups is 1. The maximum atomic E-state index is 11.9. The van der Waals surface area contributed by atoms with Gasteiger partial charge in [0.25, 0.3) is 0 Å². The molecule has 0 fully saturated rings. The van der Waals surface area contributed by atoms with E-state index in [1.165, 1.54) is 6.07 Å². The Morgan fingerprint density at radius 1 is 1.22 bits per heavy atom. The minimum absolute atomic E-state index is 0.0195. The molecule has 0 aliphatic rings. The summed E-state index contributed by atoms with van der Waals surface area (Å²) in [6.45, 7) is 3.29. The Balaban J connectivity index is 1.78. The van der Waals surface area contributed by atoms with E-state index in [1.54, 1.807) is 42.9 Å². The number of furan rings is 1. The van der Waals surface area contributed by atoms with E-state index in [0.717, 1.165) is 9.69 Å². The zero-order valence-electron chi connectivity index (χ0n) is 17.3. The first-order valence-electron chi connectivity index (χ1n) is 9.90. The first-order valence-corrected chi connectivity index (χ1v) is 10.9. The van der Waals surface area contributed by atoms with Crippen molar-refractivity contribution >= 4 is 44.9 Å². The summed E-state index contributed by atoms with van der Waals surface area (Å²) < 4.78 is 32.3. The lowest BCUT2D eigenvalue weighted by Crippen LogP contribution is -2.45. The molecule has 0 radical (unpaired) electrons. The second-order valence-electron chi connectivity index (χ2n) is 7.66. The number of hydrogen-bond acceptors (Lipinski definition) is 7. The van der Waals surface area contributed by atoms with E-state index in [4.69, 9.17) is 9.52 Å². The van der Waals surface area contributed by atoms with Crippen LogP contribution >= 0.6 is 0 Å². The van der Waals surface area contributed by atoms with Gasteiger partial charge in [-0.3, -0.25) is 8.51 Å². The molecule has 2 aromatic carbocycles. The molecule has 168 valence electrons. The summed E-state index contributed by atoms with van der Waals surface area (Å²) in [6, 6.07) is 8.95. The summed E-state index contributed by atoms with van der Waals surface area (Å²) in [5.74, 6) is -1.66. The molecule has 32 heavy (non-hydrogen) atoms. The number of rotatable bonds is 8. The molecule has 4 rings (SSSR count). The van der Waals surface area contributed by atoms with Crippen molar-refractivity contribution < 1.29 is 28.2 Å². The van der Waals surface area contributed by atoms with Crippen molar-refractivity contribution in [2.45, 2.75) is 26.3 Å². The summed E-state index contributed by atoms with van der Waals surface area (Å²) in [4.78, 5) is 11.7. The van der Waals surface area contributed by atoms with Crippen LogP contribution in [0.15, 0.2) is 47.0 Å². The van der Waals surface area contributed by atoms with E-state index in [2.05, 4.69) is 10.3 Å². The number of nitrogens with zero attached hydrogens (tertiary/aromatic N) is 4. The van der Waals surface area contributed by atoms with E-state index in [0.29, 0.717) is 34.4 Å². The Hall–Kier alpha value is -3.28. The smallest absolute Gasteiger partial charge is 0.327 e. The zero-order chi connectivity index (χ0) is 23.0. The lowest BCUT2D eigenvalue weighted by atomic mass is 10.0. The fraction of sp³-hybridized carbons (Fsp3) is 0.286. The van der Waals surface area contributed by atoms with E-state index in [-0.39, 0.29) is 12.3 Å². The van der Waals surface area contributed by atoms with Gasteiger partial charge in [0.1, 0.15) is 17.2 Å². The van der Waals surface area contributed by atoms with Crippen LogP contribution in [0.1, 0.15) is 19.5 Å². The zero-order valence-corrected chi connectivity index (χ0v) is 18.2. The average Bonchev–Trinajstić information content (AvgIpc) is 3.34. The summed E-state index contributed by atoms with van der Waals surface area (Å²) in [6.07, 6.45) is 2.12. The Labute approximate surface area is 185 Å². The molecule has 10 nitrogen and oxygen atoms in total. The van der Waals surface area contributed by atoms with Gasteiger partial charge in [0.15, 0.2) is 0 Å². The van der Waals surface area contributed by atoms with Gasteiger partial charge in [-0.25, -0.2) is 9.48 Å². The topological polar surface area (TPSA) is 145 Å². The van der Waals surface area contributed by atoms with Crippen molar-refractivity contribution in [2.75, 3.05) is 10.9 Å². The lowest BCUT2D eigenvalue weighted by Gasteiger charge is -2.34. The maximum absolute atomic E-state index is 11.9. The average molecular weight is 457 g/mol. The molecule has 2 atom stereocenters. The summed E-state index contributed by atoms with van der Waals surface area (Å²) in [5, 5.41) is 28.1. The number of carboxylic acids is 1. The van der Waals surface area contributed by atoms with Gasteiger partial charge in [0.05, 0.1) is 23.3 Å². The van der Waals surface area contributed by atoms with Gasteiger partial charge in [-0.15, -0.1) is 5.10 Å². The first kappa shape index (κ1) is 21.9. The minimum Gasteiger partial charge on any atom is -0.755 e. The molecule has 0 spiro atoms. The summed E-state index contributed by atoms with van der Waals surface area (Å²) in [5.41, 5.74) is 2.70. The van der Waals surface area contributed by atoms with Crippen molar-refractivity contribution in [1.82, 2.24) is 15.0 Å². The summed E-state index contributed by atoms with van der Waals surface area (Å²) >= 11 is -2.78. The van der Waals surface area contributed by atoms with Gasteiger partial charge in [0.2, 0.25) is 0 Å². The highest BCUT2D eigenvalue weighted by atomic mass is 32.2. The van der Waals surface area contributed by atoms with Gasteiger partial charge < -0.3 is 19.2 Å². The quantitative estimate of drug-likeness (QED) is 0.384. The SMILES string of the molecule is CC(C)C(C(=O)O)N(c1ccc2oc3cc(-n4cc(CCO)nn4)ccc3c2c1)S(=O)[O-]. The van der Waals surface area contributed by atoms with Crippen molar-refractivity contribution in [3.8, 4) is 5.69 Å². The molecule has 0 saturated heterocycles. The van der Waals surface area contributed by atoms with Crippen LogP contribution in [0.5, 0.6) is 0 Å². The van der Waals surface area contributed by atoms with Gasteiger partial charge >= 0.3 is 5.97 Å². The molecule has 11 heteroatoms. The number of benzene rings is 2. The molecule has 0 aliphatic heterocycles. The molecule has 2 unspecified atom stereocenters. The Bertz CT molecular complexity index is 1310. The molecule has 2 aromatic heterocycles. The number of aliphatic carboxylic acids is 1. The third kappa shape index (κ3) is 3.97. The van der Waals surface area contributed by atoms with E-state index < -0.39 is 29.2 Å². The highest BCUT2D eigenvalue weighted by Gasteiger charge is 2.30. The minimum atomic E-state index is -2.78. The van der Waals surface area contributed by atoms with Crippen LogP contribution in [0.3, 0.4) is 0 Å². The third-order valence-corrected chi connectivity index (χ3v) is 5.92. The number of fused-ring (bicyclic) bond motifs is 3. The van der Waals surface area contributed by atoms with Crippen LogP contribution in [0, 0.1) is 5.92 Å². The third-order valence-electron chi connectivity index (χ3n) is 5.16. The number of carboxylic acid groups (broad SMARTS) is 1. The summed E-state index contributed by atoms with van der Waals surface area (Å²) in [7, 11) is 0. The van der Waals surface area contributed by atoms with Crippen molar-refractivity contribution in [3.63, 3.8) is 0 Å². The van der Waals surface area contributed by atoms with E-state index in [9.17, 15) is 18.7 Å². The molecule has 2 heterocycles. The second kappa shape index (κ2) is 8.69. The van der Waals surface area contributed by atoms with Crippen molar-refractivity contribution in [1.29, 1.82) is 0 Å². The molecular weight excluding hydrogens is 436 g/mol. The van der Waals surface area contributed by atoms with Crippen molar-refractivity contribution in [2.24, 2.45) is 5.92 Å². The van der Waals surface area contributed by atoms with Crippen LogP contribution in [0.4, 0.5) is 5.69 Å². The Kier molecular flexibility index (Phi) is 5.96. The standard InChI is InChI=1S/C21H22N4O6S/c1-12(2)20(21(27)28)25(32(29)30)15-4-6-18-17(9-15)16-5-3-14(10-19(16)31-18)24-11-13(7-8-26)22-23-24/h3-6,9-12,20,26H,7-8H2,1-2H3,(H,27,28)(H,29,30)/p-1. The molecule has 0 bridgehead atoms. The number of carbonyl (C=O) groups is 1. The Morgan fingerprint density at radius 2 is 2.00 bits per heavy atom. The van der Waals surface area contributed by atoms with Gasteiger partial charge in [-0.05, 0) is 36.2 Å². The van der Waals surface area contributed by atoms with Crippen LogP contribution in [0.2, 0.25) is 0 Å². The largest absolute Gasteiger partial charge is 0.755 e. The van der Waals surface area contributed by atoms with Gasteiger partial charge in [-0.2, -0.15) is 0 Å². The van der Waals surface area contributed by atoms with Gasteiger partial charge in [-0.1, -0.05) is 19.1 Å². The molecular formula is C21H21N4O6S-. The number of aliphatic hydroxyl groups excluding tert-OH is 1. The van der Waals surface area contributed by atoms with Crippen LogP contribution < -0.4 is 4.31 Å². The van der Waals surface area contributed by atoms with Crippen molar-refractivity contribution in [3.05, 3.63) is 48.3 Å². The van der Waals surface area contributed by atoms with Gasteiger partial charge in [0, 0.05) is 41.1 Å². The first-order chi connectivity index (χ1) is 15.3. The number of anilines is 1. The normalized spacial score (nSPS) is 13.7. The highest BCUT2D eigenvalue weighted by molar-refractivity contribution is 7.80. The lowest BCUT2D eigenvalue weighted by molar-refractivity contribution is -0.139. The molecule has 2 N–H and O–H groups in total. The molecule has 0 saturated carbocycles. The van der Waals surface area contributed by atoms with E-state index in [1.807, 2.05) is 12.1 Å². The fourth-order valence-corrected chi connectivity index (χ4v) is 4.49. The van der Waals surface area contributed by atoms with Crippen LogP contribution in [0.25, 0.3) is 27.6 Å². The molecule has 4 aromatic rings. The van der Waals surface area contributed by atoms with Crippen LogP contribution in [-0.2, 0) is 22.5 Å². The second-order valence-corrected chi connectivity index (χ2v) is 8.49. The monoisotopic (exact) mass is 457 g/mol. The maximum Gasteiger partial charge on any atom is 0.327 e. The predicted molar refractivity (Wildman–Crippen MR) is 117 cm³/mol.